The molecule has 6 heteroatoms. The Hall–Kier alpha value is -2.92. The lowest BCUT2D eigenvalue weighted by Gasteiger charge is -2.20. The van der Waals surface area contributed by atoms with Crippen LogP contribution in [0.1, 0.15) is 21.7 Å². The monoisotopic (exact) mass is 382 g/mol. The summed E-state index contributed by atoms with van der Waals surface area (Å²) in [5.74, 6) is 1.26. The van der Waals surface area contributed by atoms with Gasteiger partial charge < -0.3 is 19.4 Å². The van der Waals surface area contributed by atoms with Gasteiger partial charge in [-0.2, -0.15) is 0 Å². The summed E-state index contributed by atoms with van der Waals surface area (Å²) in [7, 11) is 0. The molecule has 0 radical (unpaired) electrons. The lowest BCUT2D eigenvalue weighted by molar-refractivity contribution is 0.102. The Morgan fingerprint density at radius 2 is 1.78 bits per heavy atom. The number of nitrogens with one attached hydrogen (secondary N) is 1. The number of hydrogen-bond acceptors (Lipinski definition) is 3. The van der Waals surface area contributed by atoms with Crippen LogP contribution < -0.4 is 14.8 Å². The van der Waals surface area contributed by atoms with E-state index < -0.39 is 0 Å². The molecule has 0 bridgehead atoms. The van der Waals surface area contributed by atoms with E-state index in [1.165, 1.54) is 0 Å². The van der Waals surface area contributed by atoms with Gasteiger partial charge in [0.1, 0.15) is 13.2 Å². The van der Waals surface area contributed by atoms with E-state index in [1.807, 2.05) is 54.8 Å². The summed E-state index contributed by atoms with van der Waals surface area (Å²) in [6.45, 7) is 4.98. The van der Waals surface area contributed by atoms with Crippen LogP contribution in [0.4, 0.5) is 5.69 Å². The maximum Gasteiger partial charge on any atom is 0.257 e. The highest BCUT2D eigenvalue weighted by atomic mass is 35.5. The minimum atomic E-state index is -0.194. The largest absolute Gasteiger partial charge is 0.486 e. The first-order valence-electron chi connectivity index (χ1n) is 8.69. The van der Waals surface area contributed by atoms with Crippen molar-refractivity contribution in [3.8, 4) is 17.2 Å². The number of anilines is 1. The molecule has 2 aromatic carbocycles. The fraction of sp³-hybridized carbons (Fsp3) is 0.190. The van der Waals surface area contributed by atoms with E-state index in [0.717, 1.165) is 22.8 Å². The zero-order valence-corrected chi connectivity index (χ0v) is 15.8. The van der Waals surface area contributed by atoms with Crippen LogP contribution in [0.2, 0.25) is 5.02 Å². The molecule has 138 valence electrons. The summed E-state index contributed by atoms with van der Waals surface area (Å²) < 4.78 is 13.3. The number of ether oxygens (including phenoxy) is 2. The third-order valence-corrected chi connectivity index (χ3v) is 4.91. The maximum absolute atomic E-state index is 12.8. The van der Waals surface area contributed by atoms with Crippen molar-refractivity contribution in [2.75, 3.05) is 18.5 Å². The minimum Gasteiger partial charge on any atom is -0.486 e. The summed E-state index contributed by atoms with van der Waals surface area (Å²) in [6, 6.07) is 14.8. The molecule has 0 saturated carbocycles. The number of fused-ring (bicyclic) bond motifs is 1. The predicted molar refractivity (Wildman–Crippen MR) is 106 cm³/mol. The highest BCUT2D eigenvalue weighted by Gasteiger charge is 2.19. The van der Waals surface area contributed by atoms with Gasteiger partial charge in [0.05, 0.1) is 16.3 Å². The standard InChI is InChI=1S/C21H19ClN2O3/c1-13-11-16(21(25)23-18-6-4-3-5-17(18)22)14(2)24(13)15-7-8-19-20(12-15)27-10-9-26-19/h3-8,11-12H,9-10H2,1-2H3,(H,23,25). The summed E-state index contributed by atoms with van der Waals surface area (Å²) in [4.78, 5) is 12.8. The molecule has 1 N–H and O–H groups in total. The topological polar surface area (TPSA) is 52.5 Å². The maximum atomic E-state index is 12.8. The zero-order chi connectivity index (χ0) is 19.0. The molecule has 0 unspecified atom stereocenters. The first kappa shape index (κ1) is 17.5. The lowest BCUT2D eigenvalue weighted by Crippen LogP contribution is -2.16. The fourth-order valence-electron chi connectivity index (χ4n) is 3.31. The molecule has 0 saturated heterocycles. The van der Waals surface area contributed by atoms with Gasteiger partial charge in [-0.25, -0.2) is 0 Å². The van der Waals surface area contributed by atoms with Gasteiger partial charge in [-0.3, -0.25) is 4.79 Å². The van der Waals surface area contributed by atoms with Crippen molar-refractivity contribution in [3.05, 3.63) is 70.5 Å². The van der Waals surface area contributed by atoms with E-state index in [4.69, 9.17) is 21.1 Å². The Kier molecular flexibility index (Phi) is 4.54. The fourth-order valence-corrected chi connectivity index (χ4v) is 3.50. The van der Waals surface area contributed by atoms with Crippen molar-refractivity contribution < 1.29 is 14.3 Å². The van der Waals surface area contributed by atoms with Crippen LogP contribution in [0.5, 0.6) is 11.5 Å². The van der Waals surface area contributed by atoms with Crippen LogP contribution in [-0.4, -0.2) is 23.7 Å². The number of halogens is 1. The quantitative estimate of drug-likeness (QED) is 0.709. The molecule has 0 fully saturated rings. The summed E-state index contributed by atoms with van der Waals surface area (Å²) in [6.07, 6.45) is 0. The highest BCUT2D eigenvalue weighted by molar-refractivity contribution is 6.33. The van der Waals surface area contributed by atoms with Crippen LogP contribution >= 0.6 is 11.6 Å². The van der Waals surface area contributed by atoms with Crippen molar-refractivity contribution >= 4 is 23.2 Å². The molecule has 0 atom stereocenters. The summed E-state index contributed by atoms with van der Waals surface area (Å²) in [5, 5.41) is 3.39. The van der Waals surface area contributed by atoms with Gasteiger partial charge in [0.15, 0.2) is 11.5 Å². The van der Waals surface area contributed by atoms with Crippen LogP contribution in [0.25, 0.3) is 5.69 Å². The second-order valence-corrected chi connectivity index (χ2v) is 6.79. The molecule has 1 aromatic heterocycles. The Bertz CT molecular complexity index is 1030. The summed E-state index contributed by atoms with van der Waals surface area (Å²) >= 11 is 6.15. The average molecular weight is 383 g/mol. The Morgan fingerprint density at radius 1 is 1.04 bits per heavy atom. The number of para-hydroxylation sites is 1. The Balaban J connectivity index is 1.68. The molecule has 4 rings (SSSR count). The molecule has 2 heterocycles. The Labute approximate surface area is 162 Å². The van der Waals surface area contributed by atoms with Crippen LogP contribution in [0.15, 0.2) is 48.5 Å². The van der Waals surface area contributed by atoms with Gasteiger partial charge in [0, 0.05) is 23.1 Å². The van der Waals surface area contributed by atoms with E-state index in [2.05, 4.69) is 5.32 Å². The van der Waals surface area contributed by atoms with Gasteiger partial charge >= 0.3 is 0 Å². The molecule has 1 aliphatic rings. The highest BCUT2D eigenvalue weighted by Crippen LogP contribution is 2.33. The van der Waals surface area contributed by atoms with E-state index in [-0.39, 0.29) is 5.91 Å². The first-order chi connectivity index (χ1) is 13.0. The third-order valence-electron chi connectivity index (χ3n) is 4.58. The van der Waals surface area contributed by atoms with Gasteiger partial charge in [-0.15, -0.1) is 0 Å². The number of hydrogen-bond donors (Lipinski definition) is 1. The van der Waals surface area contributed by atoms with Crippen molar-refractivity contribution in [2.24, 2.45) is 0 Å². The number of benzene rings is 2. The first-order valence-corrected chi connectivity index (χ1v) is 9.07. The van der Waals surface area contributed by atoms with E-state index in [9.17, 15) is 4.79 Å². The van der Waals surface area contributed by atoms with Crippen LogP contribution in [0.3, 0.4) is 0 Å². The number of amides is 1. The van der Waals surface area contributed by atoms with Crippen LogP contribution in [0, 0.1) is 13.8 Å². The SMILES string of the molecule is Cc1cc(C(=O)Nc2ccccc2Cl)c(C)n1-c1ccc2c(c1)OCCO2. The molecule has 1 amide bonds. The number of aromatic nitrogens is 1. The van der Waals surface area contributed by atoms with Gasteiger partial charge in [0.25, 0.3) is 5.91 Å². The van der Waals surface area contributed by atoms with Crippen molar-refractivity contribution in [2.45, 2.75) is 13.8 Å². The third kappa shape index (κ3) is 3.26. The molecular weight excluding hydrogens is 364 g/mol. The average Bonchev–Trinajstić information content (AvgIpc) is 2.97. The minimum absolute atomic E-state index is 0.194. The number of carbonyl (C=O) groups is 1. The lowest BCUT2D eigenvalue weighted by atomic mass is 10.2. The van der Waals surface area contributed by atoms with Crippen LogP contribution in [-0.2, 0) is 0 Å². The van der Waals surface area contributed by atoms with E-state index >= 15 is 0 Å². The molecule has 5 nitrogen and oxygen atoms in total. The second-order valence-electron chi connectivity index (χ2n) is 6.38. The molecule has 27 heavy (non-hydrogen) atoms. The van der Waals surface area contributed by atoms with Gasteiger partial charge in [-0.1, -0.05) is 23.7 Å². The number of nitrogens with zero attached hydrogens (tertiary/aromatic N) is 1. The number of rotatable bonds is 3. The smallest absolute Gasteiger partial charge is 0.257 e. The van der Waals surface area contributed by atoms with Crippen molar-refractivity contribution in [1.82, 2.24) is 4.57 Å². The Morgan fingerprint density at radius 3 is 2.56 bits per heavy atom. The molecule has 0 spiro atoms. The molecule has 3 aromatic rings. The molecular formula is C21H19ClN2O3. The van der Waals surface area contributed by atoms with Gasteiger partial charge in [0.2, 0.25) is 0 Å². The number of carbonyl (C=O) groups excluding carboxylic acids is 1. The van der Waals surface area contributed by atoms with Crippen molar-refractivity contribution in [3.63, 3.8) is 0 Å². The molecule has 1 aliphatic heterocycles. The second kappa shape index (κ2) is 7.00. The van der Waals surface area contributed by atoms with Gasteiger partial charge in [-0.05, 0) is 44.2 Å². The van der Waals surface area contributed by atoms with E-state index in [1.54, 1.807) is 12.1 Å². The zero-order valence-electron chi connectivity index (χ0n) is 15.1. The number of aryl methyl sites for hydroxylation is 1. The molecule has 0 aliphatic carbocycles. The van der Waals surface area contributed by atoms with E-state index in [0.29, 0.717) is 35.2 Å². The predicted octanol–water partition coefficient (Wildman–Crippen LogP) is 4.77. The van der Waals surface area contributed by atoms with Crippen molar-refractivity contribution in [1.29, 1.82) is 0 Å². The normalized spacial score (nSPS) is 12.7. The summed E-state index contributed by atoms with van der Waals surface area (Å²) in [5.41, 5.74) is 3.91.